The molecule has 0 aliphatic carbocycles. The number of hydrazone groups is 1. The van der Waals surface area contributed by atoms with Crippen LogP contribution >= 0.6 is 0 Å². The minimum Gasteiger partial charge on any atom is -0.493 e. The zero-order valence-corrected chi connectivity index (χ0v) is 17.9. The fourth-order valence-electron chi connectivity index (χ4n) is 3.01. The summed E-state index contributed by atoms with van der Waals surface area (Å²) in [5, 5.41) is 4.03. The first-order valence-corrected chi connectivity index (χ1v) is 10.3. The molecular weight excluding hydrogens is 356 g/mol. The maximum atomic E-state index is 11.9. The topological polar surface area (TPSA) is 69.2 Å². The summed E-state index contributed by atoms with van der Waals surface area (Å²) in [6.45, 7) is 2.24. The van der Waals surface area contributed by atoms with E-state index in [1.165, 1.54) is 44.9 Å². The largest absolute Gasteiger partial charge is 0.493 e. The number of amides is 1. The molecule has 158 valence electrons. The highest BCUT2D eigenvalue weighted by molar-refractivity contribution is 5.84. The van der Waals surface area contributed by atoms with E-state index in [0.717, 1.165) is 18.4 Å². The van der Waals surface area contributed by atoms with Gasteiger partial charge in [0.15, 0.2) is 11.5 Å². The number of carbonyl (C=O) groups is 1. The van der Waals surface area contributed by atoms with Gasteiger partial charge < -0.3 is 14.2 Å². The van der Waals surface area contributed by atoms with Gasteiger partial charge in [0.1, 0.15) is 0 Å². The number of methoxy groups -OCH3 is 3. The van der Waals surface area contributed by atoms with Crippen LogP contribution in [0, 0.1) is 0 Å². The van der Waals surface area contributed by atoms with Crippen molar-refractivity contribution in [2.24, 2.45) is 5.10 Å². The lowest BCUT2D eigenvalue weighted by Gasteiger charge is -2.12. The maximum Gasteiger partial charge on any atom is 0.240 e. The molecule has 0 radical (unpaired) electrons. The van der Waals surface area contributed by atoms with Crippen molar-refractivity contribution in [2.75, 3.05) is 21.3 Å². The molecule has 0 fully saturated rings. The average molecular weight is 393 g/mol. The Kier molecular flexibility index (Phi) is 12.6. The Labute approximate surface area is 169 Å². The van der Waals surface area contributed by atoms with Gasteiger partial charge in [0.2, 0.25) is 11.7 Å². The highest BCUT2D eigenvalue weighted by Crippen LogP contribution is 2.37. The predicted molar refractivity (Wildman–Crippen MR) is 114 cm³/mol. The van der Waals surface area contributed by atoms with Crippen LogP contribution in [0.4, 0.5) is 0 Å². The fraction of sp³-hybridized carbons (Fsp3) is 0.636. The van der Waals surface area contributed by atoms with Crippen molar-refractivity contribution in [1.29, 1.82) is 0 Å². The van der Waals surface area contributed by atoms with Crippen molar-refractivity contribution < 1.29 is 19.0 Å². The monoisotopic (exact) mass is 392 g/mol. The summed E-state index contributed by atoms with van der Waals surface area (Å²) in [5.41, 5.74) is 3.33. The first-order chi connectivity index (χ1) is 13.7. The van der Waals surface area contributed by atoms with E-state index in [2.05, 4.69) is 17.5 Å². The normalized spacial score (nSPS) is 10.9. The van der Waals surface area contributed by atoms with E-state index >= 15 is 0 Å². The van der Waals surface area contributed by atoms with Gasteiger partial charge in [-0.25, -0.2) is 5.43 Å². The van der Waals surface area contributed by atoms with Crippen LogP contribution in [-0.4, -0.2) is 33.5 Å². The second-order valence-corrected chi connectivity index (χ2v) is 6.83. The van der Waals surface area contributed by atoms with E-state index in [4.69, 9.17) is 14.2 Å². The Morgan fingerprint density at radius 3 is 1.93 bits per heavy atom. The second-order valence-electron chi connectivity index (χ2n) is 6.83. The van der Waals surface area contributed by atoms with Crippen LogP contribution in [0.5, 0.6) is 17.2 Å². The van der Waals surface area contributed by atoms with Gasteiger partial charge in [0.25, 0.3) is 0 Å². The van der Waals surface area contributed by atoms with E-state index < -0.39 is 0 Å². The van der Waals surface area contributed by atoms with E-state index in [0.29, 0.717) is 23.7 Å². The molecule has 6 heteroatoms. The molecule has 0 unspecified atom stereocenters. The van der Waals surface area contributed by atoms with Gasteiger partial charge >= 0.3 is 0 Å². The third-order valence-corrected chi connectivity index (χ3v) is 4.60. The van der Waals surface area contributed by atoms with Crippen LogP contribution in [0.15, 0.2) is 17.2 Å². The number of carbonyl (C=O) groups excluding carboxylic acids is 1. The molecule has 1 rings (SSSR count). The lowest BCUT2D eigenvalue weighted by Crippen LogP contribution is -2.16. The molecule has 1 N–H and O–H groups in total. The van der Waals surface area contributed by atoms with Crippen LogP contribution < -0.4 is 19.6 Å². The number of nitrogens with zero attached hydrogens (tertiary/aromatic N) is 1. The molecule has 28 heavy (non-hydrogen) atoms. The molecule has 0 aliphatic rings. The molecule has 1 aromatic carbocycles. The Balaban J connectivity index is 2.30. The molecular formula is C22H36N2O4. The summed E-state index contributed by atoms with van der Waals surface area (Å²) in [7, 11) is 4.68. The van der Waals surface area contributed by atoms with E-state index in [1.807, 2.05) is 0 Å². The molecule has 0 spiro atoms. The standard InChI is InChI=1S/C22H36N2O4/c1-5-6-7-8-9-10-11-12-13-14-21(25)24-23-17-18-15-19(26-2)22(28-4)20(16-18)27-3/h15-17H,5-14H2,1-4H3,(H,24,25)/b23-17+. The van der Waals surface area contributed by atoms with Crippen molar-refractivity contribution in [2.45, 2.75) is 71.1 Å². The van der Waals surface area contributed by atoms with Crippen molar-refractivity contribution in [3.63, 3.8) is 0 Å². The van der Waals surface area contributed by atoms with E-state index in [9.17, 15) is 4.79 Å². The lowest BCUT2D eigenvalue weighted by molar-refractivity contribution is -0.121. The van der Waals surface area contributed by atoms with Gasteiger partial charge in [-0.2, -0.15) is 5.10 Å². The predicted octanol–water partition coefficient (Wildman–Crippen LogP) is 5.08. The minimum absolute atomic E-state index is 0.0633. The summed E-state index contributed by atoms with van der Waals surface area (Å²) in [6, 6.07) is 3.55. The maximum absolute atomic E-state index is 11.9. The van der Waals surface area contributed by atoms with Crippen molar-refractivity contribution >= 4 is 12.1 Å². The zero-order valence-electron chi connectivity index (χ0n) is 17.9. The zero-order chi connectivity index (χ0) is 20.6. The van der Waals surface area contributed by atoms with Crippen molar-refractivity contribution in [3.05, 3.63) is 17.7 Å². The number of benzene rings is 1. The summed E-state index contributed by atoms with van der Waals surface area (Å²) >= 11 is 0. The van der Waals surface area contributed by atoms with Crippen LogP contribution in [0.2, 0.25) is 0 Å². The summed E-state index contributed by atoms with van der Waals surface area (Å²) in [4.78, 5) is 11.9. The molecule has 0 bridgehead atoms. The third kappa shape index (κ3) is 9.11. The first-order valence-electron chi connectivity index (χ1n) is 10.3. The molecule has 0 saturated carbocycles. The highest BCUT2D eigenvalue weighted by atomic mass is 16.5. The van der Waals surface area contributed by atoms with Gasteiger partial charge in [-0.05, 0) is 18.6 Å². The number of hydrogen-bond acceptors (Lipinski definition) is 5. The van der Waals surface area contributed by atoms with Gasteiger partial charge in [-0.3, -0.25) is 4.79 Å². The van der Waals surface area contributed by atoms with E-state index in [-0.39, 0.29) is 5.91 Å². The van der Waals surface area contributed by atoms with Crippen LogP contribution in [-0.2, 0) is 4.79 Å². The van der Waals surface area contributed by atoms with Crippen molar-refractivity contribution in [3.8, 4) is 17.2 Å². The number of unbranched alkanes of at least 4 members (excludes halogenated alkanes) is 8. The number of hydrogen-bond donors (Lipinski definition) is 1. The van der Waals surface area contributed by atoms with Crippen LogP contribution in [0.25, 0.3) is 0 Å². The second kappa shape index (κ2) is 14.8. The van der Waals surface area contributed by atoms with Gasteiger partial charge in [-0.15, -0.1) is 0 Å². The molecule has 0 saturated heterocycles. The Morgan fingerprint density at radius 1 is 0.893 bits per heavy atom. The Morgan fingerprint density at radius 2 is 1.43 bits per heavy atom. The van der Waals surface area contributed by atoms with Crippen molar-refractivity contribution in [1.82, 2.24) is 5.43 Å². The number of nitrogens with one attached hydrogen (secondary N) is 1. The van der Waals surface area contributed by atoms with Crippen LogP contribution in [0.1, 0.15) is 76.7 Å². The SMILES string of the molecule is CCCCCCCCCCCC(=O)N/N=C/c1cc(OC)c(OC)c(OC)c1. The fourth-order valence-corrected chi connectivity index (χ4v) is 3.01. The smallest absolute Gasteiger partial charge is 0.240 e. The van der Waals surface area contributed by atoms with Gasteiger partial charge in [-0.1, -0.05) is 58.3 Å². The Bertz CT molecular complexity index is 577. The summed E-state index contributed by atoms with van der Waals surface area (Å²) in [6.07, 6.45) is 13.2. The average Bonchev–Trinajstić information content (AvgIpc) is 2.71. The molecule has 1 aromatic rings. The molecule has 0 heterocycles. The Hall–Kier alpha value is -2.24. The minimum atomic E-state index is -0.0633. The summed E-state index contributed by atoms with van der Waals surface area (Å²) < 4.78 is 15.9. The van der Waals surface area contributed by atoms with Gasteiger partial charge in [0, 0.05) is 12.0 Å². The lowest BCUT2D eigenvalue weighted by atomic mass is 10.1. The molecule has 0 aliphatic heterocycles. The molecule has 0 aromatic heterocycles. The van der Waals surface area contributed by atoms with Gasteiger partial charge in [0.05, 0.1) is 27.5 Å². The number of rotatable bonds is 15. The quantitative estimate of drug-likeness (QED) is 0.257. The van der Waals surface area contributed by atoms with Crippen LogP contribution in [0.3, 0.4) is 0 Å². The third-order valence-electron chi connectivity index (χ3n) is 4.60. The molecule has 0 atom stereocenters. The first kappa shape index (κ1) is 23.8. The van der Waals surface area contributed by atoms with E-state index in [1.54, 1.807) is 39.7 Å². The summed E-state index contributed by atoms with van der Waals surface area (Å²) in [5.74, 6) is 1.55. The molecule has 1 amide bonds. The molecule has 6 nitrogen and oxygen atoms in total. The highest BCUT2D eigenvalue weighted by Gasteiger charge is 2.12. The number of ether oxygens (including phenoxy) is 3.